The normalized spacial score (nSPS) is 21.4. The standard InChI is InChI=1S/C26H30O4/c1-17(2)21-15-14-18(3)16-22(21)30-26(29)23(24(27)19-10-6-4-7-11-19)25(28)20-12-8-5-9-13-20/h4-13,17-18,21-23H,14-16H2,1-3H3/t18-,21+,22-/m1/s1. The highest BCUT2D eigenvalue weighted by Crippen LogP contribution is 2.36. The van der Waals surface area contributed by atoms with Gasteiger partial charge in [0.2, 0.25) is 0 Å². The van der Waals surface area contributed by atoms with Crippen LogP contribution >= 0.6 is 0 Å². The second-order valence-electron chi connectivity index (χ2n) is 8.69. The third kappa shape index (κ3) is 5.05. The summed E-state index contributed by atoms with van der Waals surface area (Å²) in [4.78, 5) is 39.7. The molecule has 0 unspecified atom stereocenters. The fourth-order valence-corrected chi connectivity index (χ4v) is 4.34. The SMILES string of the molecule is CC(C)[C@@H]1CC[C@@H](C)C[C@H]1OC(=O)C(C(=O)c1ccccc1)C(=O)c1ccccc1. The van der Waals surface area contributed by atoms with Gasteiger partial charge in [-0.15, -0.1) is 0 Å². The van der Waals surface area contributed by atoms with Crippen LogP contribution in [0.3, 0.4) is 0 Å². The number of rotatable bonds is 7. The number of esters is 1. The topological polar surface area (TPSA) is 60.4 Å². The summed E-state index contributed by atoms with van der Waals surface area (Å²) in [5.41, 5.74) is 0.669. The average Bonchev–Trinajstić information content (AvgIpc) is 2.74. The van der Waals surface area contributed by atoms with E-state index >= 15 is 0 Å². The molecule has 0 saturated heterocycles. The zero-order chi connectivity index (χ0) is 21.7. The molecule has 0 aromatic heterocycles. The fourth-order valence-electron chi connectivity index (χ4n) is 4.34. The predicted octanol–water partition coefficient (Wildman–Crippen LogP) is 5.37. The highest BCUT2D eigenvalue weighted by Gasteiger charge is 2.40. The summed E-state index contributed by atoms with van der Waals surface area (Å²) in [6.45, 7) is 6.41. The van der Waals surface area contributed by atoms with E-state index < -0.39 is 23.5 Å². The molecule has 3 rings (SSSR count). The van der Waals surface area contributed by atoms with Gasteiger partial charge in [0, 0.05) is 11.1 Å². The Morgan fingerprint density at radius 3 is 1.80 bits per heavy atom. The maximum Gasteiger partial charge on any atom is 0.325 e. The van der Waals surface area contributed by atoms with Crippen molar-refractivity contribution in [2.24, 2.45) is 23.7 Å². The number of benzene rings is 2. The zero-order valence-corrected chi connectivity index (χ0v) is 17.9. The van der Waals surface area contributed by atoms with Gasteiger partial charge < -0.3 is 4.74 Å². The molecule has 3 atom stereocenters. The van der Waals surface area contributed by atoms with Crippen LogP contribution in [0, 0.1) is 23.7 Å². The number of ether oxygens (including phenoxy) is 1. The Morgan fingerprint density at radius 2 is 1.33 bits per heavy atom. The molecule has 0 amide bonds. The van der Waals surface area contributed by atoms with Crippen molar-refractivity contribution in [1.29, 1.82) is 0 Å². The van der Waals surface area contributed by atoms with Crippen LogP contribution in [-0.2, 0) is 9.53 Å². The number of ketones is 2. The highest BCUT2D eigenvalue weighted by molar-refractivity contribution is 6.26. The maximum absolute atomic E-state index is 13.3. The van der Waals surface area contributed by atoms with Gasteiger partial charge in [0.25, 0.3) is 0 Å². The van der Waals surface area contributed by atoms with Gasteiger partial charge in [-0.05, 0) is 30.6 Å². The van der Waals surface area contributed by atoms with Gasteiger partial charge in [0.1, 0.15) is 6.10 Å². The molecule has 158 valence electrons. The largest absolute Gasteiger partial charge is 0.461 e. The van der Waals surface area contributed by atoms with Crippen LogP contribution < -0.4 is 0 Å². The van der Waals surface area contributed by atoms with Crippen molar-refractivity contribution in [3.05, 3.63) is 71.8 Å². The van der Waals surface area contributed by atoms with Crippen molar-refractivity contribution in [2.45, 2.75) is 46.1 Å². The van der Waals surface area contributed by atoms with Crippen LogP contribution in [0.15, 0.2) is 60.7 Å². The van der Waals surface area contributed by atoms with Crippen molar-refractivity contribution in [3.8, 4) is 0 Å². The molecular weight excluding hydrogens is 376 g/mol. The molecule has 0 N–H and O–H groups in total. The molecule has 1 aliphatic rings. The van der Waals surface area contributed by atoms with E-state index in [1.54, 1.807) is 60.7 Å². The zero-order valence-electron chi connectivity index (χ0n) is 17.9. The first-order chi connectivity index (χ1) is 14.4. The third-order valence-electron chi connectivity index (χ3n) is 6.11. The van der Waals surface area contributed by atoms with Gasteiger partial charge in [0.05, 0.1) is 0 Å². The summed E-state index contributed by atoms with van der Waals surface area (Å²) >= 11 is 0. The number of carbonyl (C=O) groups is 3. The van der Waals surface area contributed by atoms with E-state index in [0.29, 0.717) is 23.0 Å². The first-order valence-electron chi connectivity index (χ1n) is 10.8. The molecule has 1 saturated carbocycles. The first-order valence-corrected chi connectivity index (χ1v) is 10.8. The highest BCUT2D eigenvalue weighted by atomic mass is 16.5. The Bertz CT molecular complexity index is 821. The van der Waals surface area contributed by atoms with Gasteiger partial charge in [0.15, 0.2) is 17.5 Å². The molecule has 4 nitrogen and oxygen atoms in total. The number of hydrogen-bond acceptors (Lipinski definition) is 4. The fraction of sp³-hybridized carbons (Fsp3) is 0.423. The second kappa shape index (κ2) is 9.84. The van der Waals surface area contributed by atoms with E-state index in [1.807, 2.05) is 0 Å². The number of hydrogen-bond donors (Lipinski definition) is 0. The first kappa shape index (κ1) is 21.9. The van der Waals surface area contributed by atoms with Crippen molar-refractivity contribution in [2.75, 3.05) is 0 Å². The minimum atomic E-state index is -1.49. The minimum Gasteiger partial charge on any atom is -0.461 e. The molecule has 1 aliphatic carbocycles. The minimum absolute atomic E-state index is 0.240. The molecule has 0 radical (unpaired) electrons. The summed E-state index contributed by atoms with van der Waals surface area (Å²) in [7, 11) is 0. The van der Waals surface area contributed by atoms with Gasteiger partial charge >= 0.3 is 5.97 Å². The van der Waals surface area contributed by atoms with Gasteiger partial charge in [-0.2, -0.15) is 0 Å². The lowest BCUT2D eigenvalue weighted by Crippen LogP contribution is -2.41. The molecule has 30 heavy (non-hydrogen) atoms. The van der Waals surface area contributed by atoms with Crippen LogP contribution in [0.5, 0.6) is 0 Å². The van der Waals surface area contributed by atoms with E-state index in [-0.39, 0.29) is 12.0 Å². The molecule has 2 aromatic carbocycles. The van der Waals surface area contributed by atoms with Gasteiger partial charge in [-0.25, -0.2) is 0 Å². The third-order valence-corrected chi connectivity index (χ3v) is 6.11. The summed E-state index contributed by atoms with van der Waals surface area (Å²) in [5.74, 6) is -2.19. The smallest absolute Gasteiger partial charge is 0.325 e. The Kier molecular flexibility index (Phi) is 7.20. The van der Waals surface area contributed by atoms with E-state index in [1.165, 1.54) is 0 Å². The number of Topliss-reactive ketones (excluding diaryl/α,β-unsaturated/α-hetero) is 2. The van der Waals surface area contributed by atoms with Crippen LogP contribution in [0.25, 0.3) is 0 Å². The van der Waals surface area contributed by atoms with Crippen LogP contribution in [-0.4, -0.2) is 23.6 Å². The van der Waals surface area contributed by atoms with Gasteiger partial charge in [-0.3, -0.25) is 14.4 Å². The Morgan fingerprint density at radius 1 is 0.833 bits per heavy atom. The Labute approximate surface area is 178 Å². The summed E-state index contributed by atoms with van der Waals surface area (Å²) < 4.78 is 5.90. The van der Waals surface area contributed by atoms with Crippen molar-refractivity contribution < 1.29 is 19.1 Å². The van der Waals surface area contributed by atoms with Crippen LogP contribution in [0.2, 0.25) is 0 Å². The average molecular weight is 407 g/mol. The molecule has 1 fully saturated rings. The maximum atomic E-state index is 13.3. The second-order valence-corrected chi connectivity index (χ2v) is 8.69. The molecular formula is C26H30O4. The molecule has 0 heterocycles. The quantitative estimate of drug-likeness (QED) is 0.352. The Hall–Kier alpha value is -2.75. The lowest BCUT2D eigenvalue weighted by molar-refractivity contribution is -0.157. The summed E-state index contributed by atoms with van der Waals surface area (Å²) in [6, 6.07) is 17.0. The van der Waals surface area contributed by atoms with E-state index in [9.17, 15) is 14.4 Å². The summed E-state index contributed by atoms with van der Waals surface area (Å²) in [5, 5.41) is 0. The number of carbonyl (C=O) groups excluding carboxylic acids is 3. The monoisotopic (exact) mass is 406 g/mol. The lowest BCUT2D eigenvalue weighted by Gasteiger charge is -2.37. The molecule has 4 heteroatoms. The molecule has 2 aromatic rings. The van der Waals surface area contributed by atoms with Crippen molar-refractivity contribution in [1.82, 2.24) is 0 Å². The van der Waals surface area contributed by atoms with Crippen molar-refractivity contribution in [3.63, 3.8) is 0 Å². The lowest BCUT2D eigenvalue weighted by atomic mass is 9.75. The van der Waals surface area contributed by atoms with E-state index in [4.69, 9.17) is 4.74 Å². The van der Waals surface area contributed by atoms with Crippen molar-refractivity contribution >= 4 is 17.5 Å². The van der Waals surface area contributed by atoms with Gasteiger partial charge in [-0.1, -0.05) is 87.9 Å². The molecule has 0 aliphatic heterocycles. The summed E-state index contributed by atoms with van der Waals surface area (Å²) in [6.07, 6.45) is 2.59. The Balaban J connectivity index is 1.90. The van der Waals surface area contributed by atoms with E-state index in [2.05, 4.69) is 20.8 Å². The molecule has 0 spiro atoms. The molecule has 0 bridgehead atoms. The van der Waals surface area contributed by atoms with E-state index in [0.717, 1.165) is 19.3 Å². The van der Waals surface area contributed by atoms with Crippen LogP contribution in [0.4, 0.5) is 0 Å². The predicted molar refractivity (Wildman–Crippen MR) is 116 cm³/mol. The van der Waals surface area contributed by atoms with Crippen LogP contribution in [0.1, 0.15) is 60.7 Å².